The van der Waals surface area contributed by atoms with E-state index in [4.69, 9.17) is 4.52 Å². The van der Waals surface area contributed by atoms with E-state index >= 15 is 0 Å². The van der Waals surface area contributed by atoms with E-state index in [1.807, 2.05) is 0 Å². The van der Waals surface area contributed by atoms with Gasteiger partial charge in [0.1, 0.15) is 11.7 Å². The Morgan fingerprint density at radius 3 is 2.62 bits per heavy atom. The molecule has 4 heterocycles. The van der Waals surface area contributed by atoms with Crippen LogP contribution >= 0.6 is 0 Å². The van der Waals surface area contributed by atoms with Crippen LogP contribution in [-0.2, 0) is 15.2 Å². The van der Waals surface area contributed by atoms with Crippen molar-refractivity contribution in [2.45, 2.75) is 25.0 Å². The Morgan fingerprint density at radius 1 is 1.22 bits per heavy atom. The number of nitrogens with zero attached hydrogens (tertiary/aromatic N) is 5. The van der Waals surface area contributed by atoms with E-state index in [2.05, 4.69) is 30.7 Å². The molecule has 1 aliphatic heterocycles. The number of anilines is 1. The number of likely N-dealkylation sites (tertiary alicyclic amines) is 1. The second kappa shape index (κ2) is 8.35. The SMILES string of the molecule is CNC(=O)[C@H](C)Nc1nccc(-c2cccc(-c3cc([C@]4(O)CCN(C)C4=O)on3)n2)n1. The second-order valence-electron chi connectivity index (χ2n) is 7.57. The van der Waals surface area contributed by atoms with Crippen LogP contribution in [0, 0.1) is 0 Å². The van der Waals surface area contributed by atoms with Gasteiger partial charge in [0.05, 0.1) is 17.1 Å². The summed E-state index contributed by atoms with van der Waals surface area (Å²) in [4.78, 5) is 38.7. The lowest BCUT2D eigenvalue weighted by Gasteiger charge is -2.16. The van der Waals surface area contributed by atoms with E-state index in [0.717, 1.165) is 0 Å². The summed E-state index contributed by atoms with van der Waals surface area (Å²) in [5.74, 6) is -0.227. The fourth-order valence-corrected chi connectivity index (χ4v) is 3.44. The summed E-state index contributed by atoms with van der Waals surface area (Å²) in [5.41, 5.74) is 0.265. The van der Waals surface area contributed by atoms with Gasteiger partial charge in [-0.25, -0.2) is 15.0 Å². The van der Waals surface area contributed by atoms with Gasteiger partial charge in [0, 0.05) is 39.3 Å². The molecule has 0 spiro atoms. The molecule has 1 aliphatic rings. The molecule has 11 nitrogen and oxygen atoms in total. The first-order valence-electron chi connectivity index (χ1n) is 10.1. The number of amides is 2. The molecular weight excluding hydrogens is 414 g/mol. The van der Waals surface area contributed by atoms with Crippen molar-refractivity contribution in [3.8, 4) is 22.8 Å². The standard InChI is InChI=1S/C21H23N7O4/c1-12(18(29)22-2)24-20-23-9-7-15(26-20)13-5-4-6-14(25-13)16-11-17(32-27-16)21(31)8-10-28(3)19(21)30/h4-7,9,11-12,31H,8,10H2,1-3H3,(H,22,29)(H,23,24,26)/t12-,21+/m0/s1. The third-order valence-corrected chi connectivity index (χ3v) is 5.34. The zero-order chi connectivity index (χ0) is 22.9. The Labute approximate surface area is 183 Å². The zero-order valence-corrected chi connectivity index (χ0v) is 17.9. The van der Waals surface area contributed by atoms with Crippen molar-refractivity contribution in [3.63, 3.8) is 0 Å². The van der Waals surface area contributed by atoms with Crippen LogP contribution in [0.3, 0.4) is 0 Å². The fraction of sp³-hybridized carbons (Fsp3) is 0.333. The maximum Gasteiger partial charge on any atom is 0.262 e. The predicted octanol–water partition coefficient (Wildman–Crippen LogP) is 0.790. The number of likely N-dealkylation sites (N-methyl/N-ethyl adjacent to an activating group) is 2. The van der Waals surface area contributed by atoms with Crippen LogP contribution in [0.5, 0.6) is 0 Å². The molecule has 0 saturated carbocycles. The number of carbonyl (C=O) groups is 2. The molecule has 0 bridgehead atoms. The Morgan fingerprint density at radius 2 is 1.94 bits per heavy atom. The lowest BCUT2D eigenvalue weighted by Crippen LogP contribution is -2.35. The third-order valence-electron chi connectivity index (χ3n) is 5.34. The number of hydrogen-bond acceptors (Lipinski definition) is 9. The summed E-state index contributed by atoms with van der Waals surface area (Å²) >= 11 is 0. The summed E-state index contributed by atoms with van der Waals surface area (Å²) in [6.07, 6.45) is 1.80. The van der Waals surface area contributed by atoms with E-state index in [-0.39, 0.29) is 18.1 Å². The van der Waals surface area contributed by atoms with Crippen LogP contribution in [0.15, 0.2) is 41.1 Å². The monoisotopic (exact) mass is 437 g/mol. The number of rotatable bonds is 6. The maximum absolute atomic E-state index is 12.3. The number of aromatic nitrogens is 4. The minimum absolute atomic E-state index is 0.0887. The van der Waals surface area contributed by atoms with E-state index < -0.39 is 17.6 Å². The summed E-state index contributed by atoms with van der Waals surface area (Å²) in [6.45, 7) is 2.14. The average Bonchev–Trinajstić information content (AvgIpc) is 3.41. The second-order valence-corrected chi connectivity index (χ2v) is 7.57. The zero-order valence-electron chi connectivity index (χ0n) is 17.9. The molecule has 3 aromatic heterocycles. The summed E-state index contributed by atoms with van der Waals surface area (Å²) < 4.78 is 5.31. The molecule has 1 fully saturated rings. The predicted molar refractivity (Wildman–Crippen MR) is 114 cm³/mol. The van der Waals surface area contributed by atoms with Gasteiger partial charge in [-0.1, -0.05) is 11.2 Å². The minimum Gasteiger partial charge on any atom is -0.373 e. The van der Waals surface area contributed by atoms with E-state index in [0.29, 0.717) is 35.3 Å². The Hall–Kier alpha value is -3.86. The summed E-state index contributed by atoms with van der Waals surface area (Å²) in [7, 11) is 3.19. The molecule has 1 saturated heterocycles. The number of hydrogen-bond donors (Lipinski definition) is 3. The van der Waals surface area contributed by atoms with Crippen LogP contribution in [-0.4, -0.2) is 68.6 Å². The number of pyridine rings is 1. The first-order valence-corrected chi connectivity index (χ1v) is 10.1. The molecule has 3 aromatic rings. The highest BCUT2D eigenvalue weighted by Crippen LogP contribution is 2.34. The summed E-state index contributed by atoms with van der Waals surface area (Å²) in [6, 6.07) is 8.03. The van der Waals surface area contributed by atoms with E-state index in [1.54, 1.807) is 51.5 Å². The normalized spacial score (nSPS) is 19.1. The van der Waals surface area contributed by atoms with Crippen molar-refractivity contribution in [2.75, 3.05) is 26.0 Å². The molecule has 166 valence electrons. The van der Waals surface area contributed by atoms with Gasteiger partial charge in [0.25, 0.3) is 5.91 Å². The molecule has 0 aliphatic carbocycles. The average molecular weight is 437 g/mol. The number of carbonyl (C=O) groups excluding carboxylic acids is 2. The van der Waals surface area contributed by atoms with Gasteiger partial charge in [-0.3, -0.25) is 9.59 Å². The number of nitrogens with one attached hydrogen (secondary N) is 2. The Balaban J connectivity index is 1.59. The van der Waals surface area contributed by atoms with Crippen molar-refractivity contribution in [1.29, 1.82) is 0 Å². The van der Waals surface area contributed by atoms with E-state index in [1.165, 1.54) is 11.0 Å². The summed E-state index contributed by atoms with van der Waals surface area (Å²) in [5, 5.41) is 20.3. The Bertz CT molecular complexity index is 1160. The van der Waals surface area contributed by atoms with Gasteiger partial charge in [-0.2, -0.15) is 0 Å². The van der Waals surface area contributed by atoms with Crippen LogP contribution in [0.4, 0.5) is 5.95 Å². The molecule has 3 N–H and O–H groups in total. The van der Waals surface area contributed by atoms with Gasteiger partial charge >= 0.3 is 0 Å². The lowest BCUT2D eigenvalue weighted by molar-refractivity contribution is -0.144. The smallest absolute Gasteiger partial charge is 0.262 e. The first-order chi connectivity index (χ1) is 15.3. The van der Waals surface area contributed by atoms with Crippen LogP contribution < -0.4 is 10.6 Å². The van der Waals surface area contributed by atoms with Crippen LogP contribution in [0.2, 0.25) is 0 Å². The molecule has 2 atom stereocenters. The van der Waals surface area contributed by atoms with Gasteiger partial charge in [-0.15, -0.1) is 0 Å². The van der Waals surface area contributed by atoms with Crippen molar-refractivity contribution in [1.82, 2.24) is 30.3 Å². The quantitative estimate of drug-likeness (QED) is 0.509. The first kappa shape index (κ1) is 21.4. The fourth-order valence-electron chi connectivity index (χ4n) is 3.44. The maximum atomic E-state index is 12.3. The van der Waals surface area contributed by atoms with Crippen LogP contribution in [0.25, 0.3) is 22.8 Å². The van der Waals surface area contributed by atoms with Crippen molar-refractivity contribution < 1.29 is 19.2 Å². The van der Waals surface area contributed by atoms with Crippen molar-refractivity contribution in [2.24, 2.45) is 0 Å². The third kappa shape index (κ3) is 3.89. The largest absolute Gasteiger partial charge is 0.373 e. The van der Waals surface area contributed by atoms with Gasteiger partial charge in [0.15, 0.2) is 5.76 Å². The topological polar surface area (TPSA) is 146 Å². The number of aliphatic hydroxyl groups is 1. The highest BCUT2D eigenvalue weighted by Gasteiger charge is 2.48. The lowest BCUT2D eigenvalue weighted by atomic mass is 9.98. The minimum atomic E-state index is -1.72. The molecular formula is C21H23N7O4. The molecule has 32 heavy (non-hydrogen) atoms. The van der Waals surface area contributed by atoms with Gasteiger partial charge < -0.3 is 25.2 Å². The highest BCUT2D eigenvalue weighted by atomic mass is 16.5. The van der Waals surface area contributed by atoms with Crippen molar-refractivity contribution >= 4 is 17.8 Å². The van der Waals surface area contributed by atoms with Crippen molar-refractivity contribution in [3.05, 3.63) is 42.3 Å². The molecule has 4 rings (SSSR count). The molecule has 0 aromatic carbocycles. The Kier molecular flexibility index (Phi) is 5.57. The van der Waals surface area contributed by atoms with E-state index in [9.17, 15) is 14.7 Å². The molecule has 2 amide bonds. The van der Waals surface area contributed by atoms with Gasteiger partial charge in [-0.05, 0) is 25.1 Å². The van der Waals surface area contributed by atoms with Gasteiger partial charge in [0.2, 0.25) is 17.5 Å². The van der Waals surface area contributed by atoms with Crippen LogP contribution in [0.1, 0.15) is 19.1 Å². The molecule has 0 radical (unpaired) electrons. The molecule has 11 heteroatoms. The molecule has 0 unspecified atom stereocenters. The highest BCUT2D eigenvalue weighted by molar-refractivity contribution is 5.87.